The smallest absolute Gasteiger partial charge is 0.337 e. The van der Waals surface area contributed by atoms with Crippen LogP contribution < -0.4 is 4.90 Å². The molecule has 4 nitrogen and oxygen atoms in total. The van der Waals surface area contributed by atoms with Gasteiger partial charge in [-0.2, -0.15) is 0 Å². The number of hydrogen-bond donors (Lipinski definition) is 1. The average Bonchev–Trinajstić information content (AvgIpc) is 2.39. The van der Waals surface area contributed by atoms with Crippen molar-refractivity contribution in [2.24, 2.45) is 0 Å². The molecule has 1 heterocycles. The van der Waals surface area contributed by atoms with Gasteiger partial charge in [-0.3, -0.25) is 0 Å². The van der Waals surface area contributed by atoms with Crippen molar-refractivity contribution in [1.82, 2.24) is 0 Å². The minimum absolute atomic E-state index is 0.137. The third kappa shape index (κ3) is 3.28. The third-order valence-corrected chi connectivity index (χ3v) is 3.49. The van der Waals surface area contributed by atoms with Gasteiger partial charge in [0, 0.05) is 25.9 Å². The largest absolute Gasteiger partial charge is 0.478 e. The van der Waals surface area contributed by atoms with E-state index in [1.54, 1.807) is 25.3 Å². The van der Waals surface area contributed by atoms with E-state index in [4.69, 9.17) is 21.4 Å². The van der Waals surface area contributed by atoms with Crippen LogP contribution in [0.3, 0.4) is 0 Å². The molecule has 0 unspecified atom stereocenters. The van der Waals surface area contributed by atoms with Crippen LogP contribution in [0.5, 0.6) is 0 Å². The maximum Gasteiger partial charge on any atom is 0.337 e. The first kappa shape index (κ1) is 13.9. The van der Waals surface area contributed by atoms with Crippen LogP contribution in [0.1, 0.15) is 16.8 Å². The number of nitrogens with zero attached hydrogens (tertiary/aromatic N) is 1. The summed E-state index contributed by atoms with van der Waals surface area (Å²) in [5, 5.41) is 9.21. The van der Waals surface area contributed by atoms with Gasteiger partial charge in [-0.1, -0.05) is 17.7 Å². The van der Waals surface area contributed by atoms with E-state index >= 15 is 0 Å². The summed E-state index contributed by atoms with van der Waals surface area (Å²) in [6.45, 7) is 2.35. The van der Waals surface area contributed by atoms with Crippen molar-refractivity contribution < 1.29 is 14.6 Å². The molecule has 1 N–H and O–H groups in total. The summed E-state index contributed by atoms with van der Waals surface area (Å²) in [6.07, 6.45) is 3.10. The minimum Gasteiger partial charge on any atom is -0.478 e. The average molecular weight is 282 g/mol. The molecule has 102 valence electrons. The molecule has 0 fully saturated rings. The molecule has 0 aromatic heterocycles. The topological polar surface area (TPSA) is 49.8 Å². The Morgan fingerprint density at radius 2 is 2.32 bits per heavy atom. The van der Waals surface area contributed by atoms with Gasteiger partial charge in [-0.05, 0) is 30.2 Å². The van der Waals surface area contributed by atoms with Crippen molar-refractivity contribution in [2.75, 3.05) is 31.7 Å². The molecular weight excluding hydrogens is 266 g/mol. The highest BCUT2D eigenvalue weighted by atomic mass is 35.5. The Balaban J connectivity index is 2.12. The number of halogens is 1. The summed E-state index contributed by atoms with van der Waals surface area (Å²) in [5.41, 5.74) is 2.38. The number of anilines is 1. The lowest BCUT2D eigenvalue weighted by Gasteiger charge is -2.28. The summed E-state index contributed by atoms with van der Waals surface area (Å²) in [5.74, 6) is -1.00. The van der Waals surface area contributed by atoms with Crippen LogP contribution in [0.2, 0.25) is 5.02 Å². The Kier molecular flexibility index (Phi) is 4.45. The van der Waals surface area contributed by atoms with Crippen molar-refractivity contribution >= 4 is 23.3 Å². The molecule has 0 atom stereocenters. The second-order valence-electron chi connectivity index (χ2n) is 4.46. The van der Waals surface area contributed by atoms with Crippen LogP contribution >= 0.6 is 11.6 Å². The molecule has 19 heavy (non-hydrogen) atoms. The molecule has 0 saturated carbocycles. The number of aromatic carboxylic acids is 1. The second kappa shape index (κ2) is 6.08. The molecule has 1 aliphatic rings. The van der Waals surface area contributed by atoms with E-state index in [-0.39, 0.29) is 10.6 Å². The van der Waals surface area contributed by atoms with Gasteiger partial charge in [0.25, 0.3) is 0 Å². The number of methoxy groups -OCH3 is 1. The van der Waals surface area contributed by atoms with Crippen molar-refractivity contribution in [2.45, 2.75) is 6.42 Å². The molecule has 0 spiro atoms. The van der Waals surface area contributed by atoms with Crippen LogP contribution in [-0.2, 0) is 4.74 Å². The SMILES string of the molecule is COCC1=CCN(c2ccc(C(=O)O)c(Cl)c2)CC1. The lowest BCUT2D eigenvalue weighted by Crippen LogP contribution is -2.29. The van der Waals surface area contributed by atoms with Crippen molar-refractivity contribution in [3.05, 3.63) is 40.4 Å². The molecule has 0 radical (unpaired) electrons. The summed E-state index contributed by atoms with van der Waals surface area (Å²) >= 11 is 5.98. The summed E-state index contributed by atoms with van der Waals surface area (Å²) in [7, 11) is 1.69. The van der Waals surface area contributed by atoms with Gasteiger partial charge in [0.05, 0.1) is 17.2 Å². The highest BCUT2D eigenvalue weighted by molar-refractivity contribution is 6.33. The fourth-order valence-electron chi connectivity index (χ4n) is 2.14. The zero-order valence-electron chi connectivity index (χ0n) is 10.7. The molecule has 0 bridgehead atoms. The van der Waals surface area contributed by atoms with E-state index in [0.717, 1.165) is 25.2 Å². The Bertz CT molecular complexity index is 513. The van der Waals surface area contributed by atoms with Gasteiger partial charge >= 0.3 is 5.97 Å². The molecule has 1 aliphatic heterocycles. The van der Waals surface area contributed by atoms with Crippen LogP contribution in [0.25, 0.3) is 0 Å². The van der Waals surface area contributed by atoms with Crippen molar-refractivity contribution in [3.63, 3.8) is 0 Å². The number of carboxylic acid groups (broad SMARTS) is 1. The van der Waals surface area contributed by atoms with Crippen LogP contribution in [0, 0.1) is 0 Å². The summed E-state index contributed by atoms with van der Waals surface area (Å²) in [4.78, 5) is 13.1. The molecule has 0 saturated heterocycles. The first-order valence-corrected chi connectivity index (χ1v) is 6.44. The monoisotopic (exact) mass is 281 g/mol. The van der Waals surface area contributed by atoms with Crippen molar-refractivity contribution in [1.29, 1.82) is 0 Å². The summed E-state index contributed by atoms with van der Waals surface area (Å²) < 4.78 is 5.11. The maximum atomic E-state index is 10.9. The standard InChI is InChI=1S/C14H16ClNO3/c1-19-9-10-4-6-16(7-5-10)11-2-3-12(14(17)18)13(15)8-11/h2-4,8H,5-7,9H2,1H3,(H,17,18). The van der Waals surface area contributed by atoms with E-state index in [1.165, 1.54) is 5.57 Å². The Labute approximate surface area is 117 Å². The van der Waals surface area contributed by atoms with E-state index in [2.05, 4.69) is 11.0 Å². The molecule has 1 aromatic rings. The van der Waals surface area contributed by atoms with Gasteiger partial charge in [-0.25, -0.2) is 4.79 Å². The zero-order valence-corrected chi connectivity index (χ0v) is 11.5. The van der Waals surface area contributed by atoms with Crippen LogP contribution in [0.4, 0.5) is 5.69 Å². The number of ether oxygens (including phenoxy) is 1. The van der Waals surface area contributed by atoms with Gasteiger partial charge in [0.2, 0.25) is 0 Å². The highest BCUT2D eigenvalue weighted by Gasteiger charge is 2.15. The van der Waals surface area contributed by atoms with E-state index < -0.39 is 5.97 Å². The first-order valence-electron chi connectivity index (χ1n) is 6.06. The van der Waals surface area contributed by atoms with E-state index in [1.807, 2.05) is 0 Å². The maximum absolute atomic E-state index is 10.9. The lowest BCUT2D eigenvalue weighted by atomic mass is 10.1. The molecule has 2 rings (SSSR count). The quantitative estimate of drug-likeness (QED) is 0.862. The fourth-order valence-corrected chi connectivity index (χ4v) is 2.39. The molecule has 0 aliphatic carbocycles. The predicted octanol–water partition coefficient (Wildman–Crippen LogP) is 2.82. The normalized spacial score (nSPS) is 15.3. The Morgan fingerprint density at radius 3 is 2.84 bits per heavy atom. The Morgan fingerprint density at radius 1 is 1.53 bits per heavy atom. The van der Waals surface area contributed by atoms with Crippen LogP contribution in [-0.4, -0.2) is 37.9 Å². The number of carbonyl (C=O) groups is 1. The van der Waals surface area contributed by atoms with Crippen molar-refractivity contribution in [3.8, 4) is 0 Å². The van der Waals surface area contributed by atoms with E-state index in [0.29, 0.717) is 6.61 Å². The lowest BCUT2D eigenvalue weighted by molar-refractivity contribution is 0.0697. The molecular formula is C14H16ClNO3. The highest BCUT2D eigenvalue weighted by Crippen LogP contribution is 2.26. The van der Waals surface area contributed by atoms with Crippen LogP contribution in [0.15, 0.2) is 29.8 Å². The number of hydrogen-bond acceptors (Lipinski definition) is 3. The number of carboxylic acids is 1. The minimum atomic E-state index is -1.00. The summed E-state index contributed by atoms with van der Waals surface area (Å²) in [6, 6.07) is 5.05. The van der Waals surface area contributed by atoms with Gasteiger partial charge in [0.1, 0.15) is 0 Å². The number of benzene rings is 1. The molecule has 5 heteroatoms. The molecule has 0 amide bonds. The predicted molar refractivity (Wildman–Crippen MR) is 75.2 cm³/mol. The third-order valence-electron chi connectivity index (χ3n) is 3.18. The van der Waals surface area contributed by atoms with Gasteiger partial charge < -0.3 is 14.7 Å². The molecule has 1 aromatic carbocycles. The van der Waals surface area contributed by atoms with Gasteiger partial charge in [0.15, 0.2) is 0 Å². The zero-order chi connectivity index (χ0) is 13.8. The van der Waals surface area contributed by atoms with Gasteiger partial charge in [-0.15, -0.1) is 0 Å². The Hall–Kier alpha value is -1.52. The number of rotatable bonds is 4. The first-order chi connectivity index (χ1) is 9.11. The second-order valence-corrected chi connectivity index (χ2v) is 4.87. The fraction of sp³-hybridized carbons (Fsp3) is 0.357. The van der Waals surface area contributed by atoms with E-state index in [9.17, 15) is 4.79 Å².